The predicted octanol–water partition coefficient (Wildman–Crippen LogP) is 4.03. The second kappa shape index (κ2) is 13.5. The highest BCUT2D eigenvalue weighted by atomic mass is 16.5. The number of nitrogens with zero attached hydrogens (tertiary/aromatic N) is 2. The molecule has 210 valence electrons. The van der Waals surface area contributed by atoms with Crippen molar-refractivity contribution in [3.63, 3.8) is 0 Å². The van der Waals surface area contributed by atoms with E-state index in [9.17, 15) is 14.7 Å². The molecular weight excluding hydrogens is 500 g/mol. The Bertz CT molecular complexity index is 1170. The summed E-state index contributed by atoms with van der Waals surface area (Å²) in [5, 5.41) is 11.4. The summed E-state index contributed by atoms with van der Waals surface area (Å²) in [5.41, 5.74) is 1.16. The van der Waals surface area contributed by atoms with Crippen LogP contribution in [0.1, 0.15) is 44.4 Å². The first-order valence-corrected chi connectivity index (χ1v) is 13.7. The van der Waals surface area contributed by atoms with E-state index in [2.05, 4.69) is 4.90 Å². The van der Waals surface area contributed by atoms with Crippen molar-refractivity contribution in [2.75, 3.05) is 59.2 Å². The third-order valence-electron chi connectivity index (χ3n) is 6.84. The number of ether oxygens (including phenoxy) is 4. The van der Waals surface area contributed by atoms with Crippen LogP contribution in [0.5, 0.6) is 17.2 Å². The van der Waals surface area contributed by atoms with E-state index >= 15 is 0 Å². The van der Waals surface area contributed by atoms with Gasteiger partial charge in [0.2, 0.25) is 0 Å². The molecule has 1 atom stereocenters. The summed E-state index contributed by atoms with van der Waals surface area (Å²) >= 11 is 0. The fourth-order valence-corrected chi connectivity index (χ4v) is 5.02. The van der Waals surface area contributed by atoms with Gasteiger partial charge in [0.25, 0.3) is 11.7 Å². The molecule has 1 N–H and O–H groups in total. The highest BCUT2D eigenvalue weighted by Crippen LogP contribution is 2.42. The third kappa shape index (κ3) is 6.54. The predicted molar refractivity (Wildman–Crippen MR) is 147 cm³/mol. The van der Waals surface area contributed by atoms with E-state index < -0.39 is 17.7 Å². The summed E-state index contributed by atoms with van der Waals surface area (Å²) in [6, 6.07) is 11.5. The van der Waals surface area contributed by atoms with Crippen LogP contribution in [-0.2, 0) is 14.3 Å². The molecule has 0 saturated carbocycles. The van der Waals surface area contributed by atoms with Gasteiger partial charge in [-0.25, -0.2) is 0 Å². The quantitative estimate of drug-likeness (QED) is 0.246. The molecule has 9 heteroatoms. The number of likely N-dealkylation sites (tertiary alicyclic amines) is 1. The summed E-state index contributed by atoms with van der Waals surface area (Å²) in [6.45, 7) is 11.3. The Morgan fingerprint density at radius 2 is 1.56 bits per heavy atom. The number of morpholine rings is 1. The Morgan fingerprint density at radius 1 is 0.897 bits per heavy atom. The number of amides is 1. The SMILES string of the molecule is CCOc1ccc(C(O)=C2C(=O)C(=O)N(CCCN3CCOCC3)C2c2ccc(OCC)c(OCC)c2)cc1. The lowest BCUT2D eigenvalue weighted by Gasteiger charge is -2.29. The van der Waals surface area contributed by atoms with Crippen LogP contribution in [0.15, 0.2) is 48.0 Å². The molecule has 9 nitrogen and oxygen atoms in total. The van der Waals surface area contributed by atoms with E-state index in [0.717, 1.165) is 19.6 Å². The number of Topliss-reactive ketones (excluding diaryl/α,β-unsaturated/α-hetero) is 1. The van der Waals surface area contributed by atoms with Gasteiger partial charge >= 0.3 is 0 Å². The lowest BCUT2D eigenvalue weighted by Crippen LogP contribution is -2.39. The Kier molecular flexibility index (Phi) is 9.84. The van der Waals surface area contributed by atoms with Gasteiger partial charge in [-0.05, 0) is 69.2 Å². The van der Waals surface area contributed by atoms with Crippen LogP contribution < -0.4 is 14.2 Å². The van der Waals surface area contributed by atoms with Crippen molar-refractivity contribution in [1.29, 1.82) is 0 Å². The van der Waals surface area contributed by atoms with Crippen LogP contribution in [0, 0.1) is 0 Å². The summed E-state index contributed by atoms with van der Waals surface area (Å²) in [7, 11) is 0. The van der Waals surface area contributed by atoms with Crippen molar-refractivity contribution in [2.24, 2.45) is 0 Å². The molecule has 2 aliphatic heterocycles. The summed E-state index contributed by atoms with van der Waals surface area (Å²) in [4.78, 5) is 30.6. The molecular formula is C30H38N2O7. The van der Waals surface area contributed by atoms with Gasteiger partial charge in [0.15, 0.2) is 11.5 Å². The van der Waals surface area contributed by atoms with Gasteiger partial charge < -0.3 is 29.0 Å². The zero-order chi connectivity index (χ0) is 27.8. The van der Waals surface area contributed by atoms with E-state index in [4.69, 9.17) is 18.9 Å². The van der Waals surface area contributed by atoms with Crippen molar-refractivity contribution in [2.45, 2.75) is 33.2 Å². The van der Waals surface area contributed by atoms with Crippen LogP contribution in [0.4, 0.5) is 0 Å². The zero-order valence-corrected chi connectivity index (χ0v) is 23.0. The number of hydrogen-bond donors (Lipinski definition) is 1. The highest BCUT2D eigenvalue weighted by molar-refractivity contribution is 6.46. The summed E-state index contributed by atoms with van der Waals surface area (Å²) < 4.78 is 22.5. The van der Waals surface area contributed by atoms with Crippen LogP contribution in [0.3, 0.4) is 0 Å². The Labute approximate surface area is 229 Å². The van der Waals surface area contributed by atoms with Gasteiger partial charge in [0, 0.05) is 31.7 Å². The van der Waals surface area contributed by atoms with Crippen molar-refractivity contribution in [1.82, 2.24) is 9.80 Å². The number of carbonyl (C=O) groups is 2. The summed E-state index contributed by atoms with van der Waals surface area (Å²) in [6.07, 6.45) is 0.683. The van der Waals surface area contributed by atoms with Gasteiger partial charge in [0.05, 0.1) is 44.6 Å². The number of aliphatic hydroxyl groups is 1. The molecule has 0 radical (unpaired) electrons. The zero-order valence-electron chi connectivity index (χ0n) is 23.0. The maximum Gasteiger partial charge on any atom is 0.295 e. The molecule has 0 aromatic heterocycles. The molecule has 2 aromatic carbocycles. The number of benzene rings is 2. The van der Waals surface area contributed by atoms with Crippen molar-refractivity contribution >= 4 is 17.4 Å². The van der Waals surface area contributed by atoms with E-state index in [0.29, 0.717) is 74.4 Å². The van der Waals surface area contributed by atoms with Gasteiger partial charge in [-0.2, -0.15) is 0 Å². The van der Waals surface area contributed by atoms with Crippen LogP contribution >= 0.6 is 0 Å². The highest BCUT2D eigenvalue weighted by Gasteiger charge is 2.46. The minimum Gasteiger partial charge on any atom is -0.507 e. The fraction of sp³-hybridized carbons (Fsp3) is 0.467. The minimum atomic E-state index is -0.767. The van der Waals surface area contributed by atoms with Crippen LogP contribution in [0.25, 0.3) is 5.76 Å². The normalized spacial score (nSPS) is 19.4. The van der Waals surface area contributed by atoms with Crippen LogP contribution in [0.2, 0.25) is 0 Å². The number of hydrogen-bond acceptors (Lipinski definition) is 8. The maximum atomic E-state index is 13.4. The Morgan fingerprint density at radius 3 is 2.23 bits per heavy atom. The average molecular weight is 539 g/mol. The second-order valence-electron chi connectivity index (χ2n) is 9.33. The van der Waals surface area contributed by atoms with Crippen LogP contribution in [-0.4, -0.2) is 85.8 Å². The molecule has 2 aliphatic rings. The van der Waals surface area contributed by atoms with Gasteiger partial charge in [0.1, 0.15) is 11.5 Å². The smallest absolute Gasteiger partial charge is 0.295 e. The minimum absolute atomic E-state index is 0.0575. The van der Waals surface area contributed by atoms with Gasteiger partial charge in [-0.3, -0.25) is 14.5 Å². The first-order chi connectivity index (χ1) is 19.0. The molecule has 2 saturated heterocycles. The lowest BCUT2D eigenvalue weighted by atomic mass is 9.95. The molecule has 1 unspecified atom stereocenters. The standard InChI is InChI=1S/C30H38N2O7/c1-4-37-23-11-8-21(9-12-23)28(33)26-27(22-10-13-24(38-5-2)25(20-22)39-6-3)32(30(35)29(26)34)15-7-14-31-16-18-36-19-17-31/h8-13,20,27,33H,4-7,14-19H2,1-3H3. The molecule has 0 bridgehead atoms. The topological polar surface area (TPSA) is 97.8 Å². The lowest BCUT2D eigenvalue weighted by molar-refractivity contribution is -0.140. The molecule has 4 rings (SSSR count). The monoisotopic (exact) mass is 538 g/mol. The number of rotatable bonds is 12. The Balaban J connectivity index is 1.72. The largest absolute Gasteiger partial charge is 0.507 e. The molecule has 0 aliphatic carbocycles. The summed E-state index contributed by atoms with van der Waals surface area (Å²) in [5.74, 6) is 0.215. The fourth-order valence-electron chi connectivity index (χ4n) is 5.02. The number of aliphatic hydroxyl groups excluding tert-OH is 1. The molecule has 39 heavy (non-hydrogen) atoms. The van der Waals surface area contributed by atoms with Crippen molar-refractivity contribution in [3.05, 3.63) is 59.2 Å². The van der Waals surface area contributed by atoms with E-state index in [1.54, 1.807) is 41.3 Å². The van der Waals surface area contributed by atoms with E-state index in [1.807, 2.05) is 26.8 Å². The van der Waals surface area contributed by atoms with E-state index in [1.165, 1.54) is 0 Å². The molecule has 2 aromatic rings. The Hall–Kier alpha value is -3.56. The molecule has 2 heterocycles. The average Bonchev–Trinajstić information content (AvgIpc) is 3.20. The maximum absolute atomic E-state index is 13.4. The van der Waals surface area contributed by atoms with Crippen molar-refractivity contribution < 1.29 is 33.6 Å². The third-order valence-corrected chi connectivity index (χ3v) is 6.84. The number of ketones is 1. The molecule has 1 amide bonds. The number of carbonyl (C=O) groups excluding carboxylic acids is 2. The van der Waals surface area contributed by atoms with Gasteiger partial charge in [-0.1, -0.05) is 6.07 Å². The van der Waals surface area contributed by atoms with Crippen molar-refractivity contribution in [3.8, 4) is 17.2 Å². The molecule has 0 spiro atoms. The molecule has 2 fully saturated rings. The second-order valence-corrected chi connectivity index (χ2v) is 9.33. The van der Waals surface area contributed by atoms with E-state index in [-0.39, 0.29) is 11.3 Å². The first-order valence-electron chi connectivity index (χ1n) is 13.7. The first kappa shape index (κ1) is 28.4. The van der Waals surface area contributed by atoms with Gasteiger partial charge in [-0.15, -0.1) is 0 Å².